The zero-order valence-corrected chi connectivity index (χ0v) is 15.6. The molecule has 0 spiro atoms. The summed E-state index contributed by atoms with van der Waals surface area (Å²) in [6.45, 7) is 10.7. The molecule has 0 unspecified atom stereocenters. The van der Waals surface area contributed by atoms with Crippen molar-refractivity contribution in [3.8, 4) is 22.8 Å². The SMILES string of the molecule is Cc1nc(-c2ccc(C(C)C)cc2)nc(-c2ccc(C(C)C)cc2)n1. The molecule has 0 fully saturated rings. The van der Waals surface area contributed by atoms with Gasteiger partial charge >= 0.3 is 0 Å². The number of nitrogens with zero attached hydrogens (tertiary/aromatic N) is 3. The van der Waals surface area contributed by atoms with E-state index in [-0.39, 0.29) is 0 Å². The van der Waals surface area contributed by atoms with Crippen molar-refractivity contribution in [1.82, 2.24) is 15.0 Å². The smallest absolute Gasteiger partial charge is 0.163 e. The fourth-order valence-electron chi connectivity index (χ4n) is 2.77. The fourth-order valence-corrected chi connectivity index (χ4v) is 2.77. The molecule has 2 aromatic carbocycles. The standard InChI is InChI=1S/C22H25N3/c1-14(2)17-6-10-19(11-7-17)21-23-16(5)24-22(25-21)20-12-8-18(9-13-20)15(3)4/h6-15H,1-5H3. The third-order valence-corrected chi connectivity index (χ3v) is 4.42. The molecule has 25 heavy (non-hydrogen) atoms. The largest absolute Gasteiger partial charge is 0.213 e. The molecule has 0 radical (unpaired) electrons. The lowest BCUT2D eigenvalue weighted by Crippen LogP contribution is -2.00. The van der Waals surface area contributed by atoms with Crippen LogP contribution >= 0.6 is 0 Å². The highest BCUT2D eigenvalue weighted by molar-refractivity contribution is 5.61. The quantitative estimate of drug-likeness (QED) is 0.610. The Morgan fingerprint density at radius 3 is 1.24 bits per heavy atom. The van der Waals surface area contributed by atoms with Gasteiger partial charge in [0.25, 0.3) is 0 Å². The first-order chi connectivity index (χ1) is 11.9. The molecule has 3 rings (SSSR count). The first kappa shape index (κ1) is 17.3. The van der Waals surface area contributed by atoms with E-state index in [2.05, 4.69) is 86.2 Å². The van der Waals surface area contributed by atoms with Crippen molar-refractivity contribution in [1.29, 1.82) is 0 Å². The van der Waals surface area contributed by atoms with E-state index in [1.165, 1.54) is 11.1 Å². The highest BCUT2D eigenvalue weighted by atomic mass is 15.0. The van der Waals surface area contributed by atoms with E-state index < -0.39 is 0 Å². The van der Waals surface area contributed by atoms with Crippen LogP contribution in [0.5, 0.6) is 0 Å². The molecular weight excluding hydrogens is 306 g/mol. The maximum atomic E-state index is 4.70. The Kier molecular flexibility index (Phi) is 4.93. The second-order valence-electron chi connectivity index (χ2n) is 7.08. The van der Waals surface area contributed by atoms with Gasteiger partial charge in [0, 0.05) is 11.1 Å². The number of rotatable bonds is 4. The molecule has 0 amide bonds. The predicted molar refractivity (Wildman–Crippen MR) is 104 cm³/mol. The molecule has 0 atom stereocenters. The van der Waals surface area contributed by atoms with Gasteiger partial charge in [-0.15, -0.1) is 0 Å². The fraction of sp³-hybridized carbons (Fsp3) is 0.318. The van der Waals surface area contributed by atoms with E-state index in [1.54, 1.807) is 0 Å². The molecule has 0 aliphatic rings. The first-order valence-corrected chi connectivity index (χ1v) is 8.87. The Balaban J connectivity index is 1.97. The summed E-state index contributed by atoms with van der Waals surface area (Å²) in [5.41, 5.74) is 4.68. The molecule has 1 aromatic heterocycles. The molecule has 0 aliphatic heterocycles. The van der Waals surface area contributed by atoms with Gasteiger partial charge in [0.1, 0.15) is 5.82 Å². The number of aryl methyl sites for hydroxylation is 1. The molecule has 3 heteroatoms. The van der Waals surface area contributed by atoms with Gasteiger partial charge in [0.2, 0.25) is 0 Å². The molecule has 0 saturated heterocycles. The van der Waals surface area contributed by atoms with Crippen LogP contribution in [-0.4, -0.2) is 15.0 Å². The van der Waals surface area contributed by atoms with Gasteiger partial charge in [0.15, 0.2) is 11.6 Å². The summed E-state index contributed by atoms with van der Waals surface area (Å²) in [5.74, 6) is 3.23. The van der Waals surface area contributed by atoms with Crippen molar-refractivity contribution in [2.24, 2.45) is 0 Å². The highest BCUT2D eigenvalue weighted by Gasteiger charge is 2.10. The topological polar surface area (TPSA) is 38.7 Å². The summed E-state index contributed by atoms with van der Waals surface area (Å²) in [6, 6.07) is 17.0. The first-order valence-electron chi connectivity index (χ1n) is 8.87. The van der Waals surface area contributed by atoms with Gasteiger partial charge in [-0.25, -0.2) is 15.0 Å². The van der Waals surface area contributed by atoms with Gasteiger partial charge in [-0.3, -0.25) is 0 Å². The van der Waals surface area contributed by atoms with Crippen molar-refractivity contribution < 1.29 is 0 Å². The summed E-state index contributed by atoms with van der Waals surface area (Å²) in [4.78, 5) is 13.8. The minimum absolute atomic E-state index is 0.518. The number of aromatic nitrogens is 3. The van der Waals surface area contributed by atoms with Crippen LogP contribution in [-0.2, 0) is 0 Å². The zero-order chi connectivity index (χ0) is 18.0. The maximum absolute atomic E-state index is 4.70. The summed E-state index contributed by atoms with van der Waals surface area (Å²) in [7, 11) is 0. The van der Waals surface area contributed by atoms with E-state index in [9.17, 15) is 0 Å². The lowest BCUT2D eigenvalue weighted by Gasteiger charge is -2.09. The van der Waals surface area contributed by atoms with Crippen LogP contribution in [0.3, 0.4) is 0 Å². The van der Waals surface area contributed by atoms with Crippen LogP contribution in [0, 0.1) is 6.92 Å². The van der Waals surface area contributed by atoms with Crippen LogP contribution < -0.4 is 0 Å². The summed E-state index contributed by atoms with van der Waals surface area (Å²) >= 11 is 0. The Hall–Kier alpha value is -2.55. The van der Waals surface area contributed by atoms with Crippen molar-refractivity contribution in [2.75, 3.05) is 0 Å². The minimum Gasteiger partial charge on any atom is -0.213 e. The normalized spacial score (nSPS) is 11.3. The third kappa shape index (κ3) is 3.93. The van der Waals surface area contributed by atoms with Crippen molar-refractivity contribution in [3.05, 3.63) is 65.5 Å². The molecule has 0 saturated carbocycles. The summed E-state index contributed by atoms with van der Waals surface area (Å²) < 4.78 is 0. The Bertz CT molecular complexity index is 778. The molecule has 0 N–H and O–H groups in total. The summed E-state index contributed by atoms with van der Waals surface area (Å²) in [5, 5.41) is 0. The Labute approximate surface area is 150 Å². The highest BCUT2D eigenvalue weighted by Crippen LogP contribution is 2.24. The molecule has 128 valence electrons. The Morgan fingerprint density at radius 1 is 0.560 bits per heavy atom. The number of hydrogen-bond donors (Lipinski definition) is 0. The van der Waals surface area contributed by atoms with Crippen LogP contribution in [0.2, 0.25) is 0 Å². The van der Waals surface area contributed by atoms with Crippen molar-refractivity contribution in [3.63, 3.8) is 0 Å². The van der Waals surface area contributed by atoms with Gasteiger partial charge in [-0.2, -0.15) is 0 Å². The van der Waals surface area contributed by atoms with Gasteiger partial charge in [0.05, 0.1) is 0 Å². The van der Waals surface area contributed by atoms with Gasteiger partial charge in [-0.1, -0.05) is 76.2 Å². The lowest BCUT2D eigenvalue weighted by atomic mass is 10.0. The summed E-state index contributed by atoms with van der Waals surface area (Å²) in [6.07, 6.45) is 0. The van der Waals surface area contributed by atoms with E-state index >= 15 is 0 Å². The van der Waals surface area contributed by atoms with Crippen LogP contribution in [0.4, 0.5) is 0 Å². The molecule has 3 aromatic rings. The molecular formula is C22H25N3. The van der Waals surface area contributed by atoms with Crippen molar-refractivity contribution >= 4 is 0 Å². The molecule has 1 heterocycles. The maximum Gasteiger partial charge on any atom is 0.163 e. The van der Waals surface area contributed by atoms with E-state index in [1.807, 2.05) is 6.92 Å². The molecule has 0 bridgehead atoms. The third-order valence-electron chi connectivity index (χ3n) is 4.42. The monoisotopic (exact) mass is 331 g/mol. The van der Waals surface area contributed by atoms with Crippen LogP contribution in [0.25, 0.3) is 22.8 Å². The van der Waals surface area contributed by atoms with Crippen LogP contribution in [0.15, 0.2) is 48.5 Å². The zero-order valence-electron chi connectivity index (χ0n) is 15.6. The van der Waals surface area contributed by atoms with E-state index in [4.69, 9.17) is 4.98 Å². The van der Waals surface area contributed by atoms with Crippen LogP contribution in [0.1, 0.15) is 56.5 Å². The van der Waals surface area contributed by atoms with E-state index in [0.717, 1.165) is 28.6 Å². The molecule has 3 nitrogen and oxygen atoms in total. The number of hydrogen-bond acceptors (Lipinski definition) is 3. The van der Waals surface area contributed by atoms with E-state index in [0.29, 0.717) is 11.8 Å². The lowest BCUT2D eigenvalue weighted by molar-refractivity contribution is 0.866. The van der Waals surface area contributed by atoms with Gasteiger partial charge in [-0.05, 0) is 29.9 Å². The Morgan fingerprint density at radius 2 is 0.920 bits per heavy atom. The van der Waals surface area contributed by atoms with Gasteiger partial charge < -0.3 is 0 Å². The number of benzene rings is 2. The minimum atomic E-state index is 0.518. The average molecular weight is 331 g/mol. The second-order valence-corrected chi connectivity index (χ2v) is 7.08. The second kappa shape index (κ2) is 7.14. The van der Waals surface area contributed by atoms with Crippen molar-refractivity contribution in [2.45, 2.75) is 46.5 Å². The average Bonchev–Trinajstić information content (AvgIpc) is 2.61. The molecule has 0 aliphatic carbocycles. The predicted octanol–water partition coefficient (Wildman–Crippen LogP) is 5.76.